The van der Waals surface area contributed by atoms with E-state index in [1.165, 1.54) is 5.56 Å². The Balaban J connectivity index is 1.64. The minimum Gasteiger partial charge on any atom is -0.356 e. The second kappa shape index (κ2) is 9.34. The second-order valence-corrected chi connectivity index (χ2v) is 7.49. The Morgan fingerprint density at radius 1 is 0.897 bits per heavy atom. The van der Waals surface area contributed by atoms with Gasteiger partial charge in [-0.3, -0.25) is 4.79 Å². The van der Waals surface area contributed by atoms with E-state index in [9.17, 15) is 4.79 Å². The zero-order valence-electron chi connectivity index (χ0n) is 16.8. The lowest BCUT2D eigenvalue weighted by Crippen LogP contribution is -2.31. The van der Waals surface area contributed by atoms with Crippen LogP contribution in [0.25, 0.3) is 0 Å². The van der Waals surface area contributed by atoms with Crippen molar-refractivity contribution < 1.29 is 4.79 Å². The number of anilines is 2. The third-order valence-electron chi connectivity index (χ3n) is 4.67. The first kappa shape index (κ1) is 20.6. The highest BCUT2D eigenvalue weighted by molar-refractivity contribution is 7.80. The van der Waals surface area contributed by atoms with E-state index in [0.717, 1.165) is 22.5 Å². The number of hydrogen-bond acceptors (Lipinski definition) is 2. The predicted octanol–water partition coefficient (Wildman–Crippen LogP) is 5.60. The summed E-state index contributed by atoms with van der Waals surface area (Å²) in [5.41, 5.74) is 5.72. The molecule has 0 fully saturated rings. The first-order valence-corrected chi connectivity index (χ1v) is 9.94. The van der Waals surface area contributed by atoms with E-state index >= 15 is 0 Å². The maximum Gasteiger partial charge on any atom is 0.255 e. The molecular weight excluding hydrogens is 378 g/mol. The van der Waals surface area contributed by atoms with E-state index in [2.05, 4.69) is 41.1 Å². The summed E-state index contributed by atoms with van der Waals surface area (Å²) in [7, 11) is 0. The lowest BCUT2D eigenvalue weighted by Gasteiger charge is -2.19. The molecule has 3 aromatic rings. The van der Waals surface area contributed by atoms with E-state index in [-0.39, 0.29) is 11.9 Å². The highest BCUT2D eigenvalue weighted by Crippen LogP contribution is 2.20. The van der Waals surface area contributed by atoms with Crippen molar-refractivity contribution in [2.75, 3.05) is 10.6 Å². The Morgan fingerprint density at radius 2 is 1.66 bits per heavy atom. The Morgan fingerprint density at radius 3 is 2.41 bits per heavy atom. The number of carbonyl (C=O) groups is 1. The molecule has 1 atom stereocenters. The monoisotopic (exact) mass is 403 g/mol. The number of aryl methyl sites for hydroxylation is 2. The van der Waals surface area contributed by atoms with Crippen LogP contribution < -0.4 is 16.0 Å². The highest BCUT2D eigenvalue weighted by Gasteiger charge is 2.11. The third-order valence-corrected chi connectivity index (χ3v) is 4.89. The van der Waals surface area contributed by atoms with Crippen LogP contribution in [0, 0.1) is 13.8 Å². The minimum absolute atomic E-state index is 0.0197. The molecule has 0 aromatic heterocycles. The van der Waals surface area contributed by atoms with Gasteiger partial charge in [-0.2, -0.15) is 0 Å². The number of benzene rings is 3. The lowest BCUT2D eigenvalue weighted by atomic mass is 10.1. The van der Waals surface area contributed by atoms with Crippen molar-refractivity contribution in [3.05, 3.63) is 95.1 Å². The summed E-state index contributed by atoms with van der Waals surface area (Å²) in [4.78, 5) is 12.4. The van der Waals surface area contributed by atoms with Crippen LogP contribution in [0.5, 0.6) is 0 Å². The smallest absolute Gasteiger partial charge is 0.255 e. The third kappa shape index (κ3) is 5.65. The first-order valence-electron chi connectivity index (χ1n) is 9.53. The van der Waals surface area contributed by atoms with Gasteiger partial charge in [0.15, 0.2) is 5.11 Å². The second-order valence-electron chi connectivity index (χ2n) is 7.08. The van der Waals surface area contributed by atoms with Crippen molar-refractivity contribution in [2.45, 2.75) is 26.8 Å². The van der Waals surface area contributed by atoms with Gasteiger partial charge in [0.1, 0.15) is 0 Å². The molecule has 0 aliphatic rings. The van der Waals surface area contributed by atoms with Crippen LogP contribution in [0.3, 0.4) is 0 Å². The lowest BCUT2D eigenvalue weighted by molar-refractivity contribution is 0.102. The van der Waals surface area contributed by atoms with Crippen molar-refractivity contribution in [1.29, 1.82) is 0 Å². The maximum absolute atomic E-state index is 12.4. The molecule has 0 heterocycles. The van der Waals surface area contributed by atoms with Crippen LogP contribution in [0.2, 0.25) is 0 Å². The zero-order valence-corrected chi connectivity index (χ0v) is 17.6. The number of thiocarbonyl (C=S) groups is 1. The van der Waals surface area contributed by atoms with Crippen LogP contribution >= 0.6 is 12.2 Å². The van der Waals surface area contributed by atoms with Crippen LogP contribution in [0.4, 0.5) is 11.4 Å². The van der Waals surface area contributed by atoms with Gasteiger partial charge in [0.25, 0.3) is 5.91 Å². The number of carbonyl (C=O) groups excluding carboxylic acids is 1. The van der Waals surface area contributed by atoms with Gasteiger partial charge in [-0.1, -0.05) is 42.5 Å². The number of hydrogen-bond donors (Lipinski definition) is 3. The van der Waals surface area contributed by atoms with Gasteiger partial charge in [-0.25, -0.2) is 0 Å². The van der Waals surface area contributed by atoms with Crippen molar-refractivity contribution in [2.24, 2.45) is 0 Å². The highest BCUT2D eigenvalue weighted by atomic mass is 32.1. The van der Waals surface area contributed by atoms with E-state index in [1.54, 1.807) is 12.1 Å². The van der Waals surface area contributed by atoms with Crippen molar-refractivity contribution in [3.63, 3.8) is 0 Å². The molecule has 0 spiro atoms. The van der Waals surface area contributed by atoms with Gasteiger partial charge < -0.3 is 16.0 Å². The molecule has 0 radical (unpaired) electrons. The molecule has 5 heteroatoms. The topological polar surface area (TPSA) is 53.2 Å². The normalized spacial score (nSPS) is 11.4. The molecule has 0 aliphatic carbocycles. The van der Waals surface area contributed by atoms with Crippen molar-refractivity contribution in [1.82, 2.24) is 5.32 Å². The van der Waals surface area contributed by atoms with Gasteiger partial charge in [0.2, 0.25) is 0 Å². The van der Waals surface area contributed by atoms with Crippen molar-refractivity contribution >= 4 is 34.6 Å². The van der Waals surface area contributed by atoms with E-state index in [1.807, 2.05) is 56.3 Å². The van der Waals surface area contributed by atoms with Crippen LogP contribution in [0.1, 0.15) is 40.0 Å². The van der Waals surface area contributed by atoms with Crippen LogP contribution in [-0.4, -0.2) is 11.0 Å². The molecular formula is C24H25N3OS. The van der Waals surface area contributed by atoms with E-state index in [4.69, 9.17) is 12.2 Å². The fourth-order valence-electron chi connectivity index (χ4n) is 2.99. The maximum atomic E-state index is 12.4. The number of rotatable bonds is 5. The fourth-order valence-corrected chi connectivity index (χ4v) is 3.27. The van der Waals surface area contributed by atoms with Gasteiger partial charge in [-0.15, -0.1) is 0 Å². The quantitative estimate of drug-likeness (QED) is 0.485. The predicted molar refractivity (Wildman–Crippen MR) is 125 cm³/mol. The molecule has 3 N–H and O–H groups in total. The molecule has 0 aliphatic heterocycles. The average molecular weight is 404 g/mol. The Labute approximate surface area is 177 Å². The molecule has 1 amide bonds. The SMILES string of the molecule is Cc1ccc(C)c(NC(=S)NC(C)c2cccc(NC(=O)c3ccccc3)c2)c1. The number of nitrogens with one attached hydrogen (secondary N) is 3. The first-order chi connectivity index (χ1) is 13.9. The zero-order chi connectivity index (χ0) is 20.8. The number of amides is 1. The molecule has 0 saturated carbocycles. The molecule has 3 aromatic carbocycles. The summed E-state index contributed by atoms with van der Waals surface area (Å²) in [5.74, 6) is -0.129. The molecule has 1 unspecified atom stereocenters. The van der Waals surface area contributed by atoms with Gasteiger partial charge in [0.05, 0.1) is 6.04 Å². The largest absolute Gasteiger partial charge is 0.356 e. The summed E-state index contributed by atoms with van der Waals surface area (Å²) in [6.45, 7) is 6.14. The molecule has 29 heavy (non-hydrogen) atoms. The van der Waals surface area contributed by atoms with Gasteiger partial charge in [0, 0.05) is 16.9 Å². The molecule has 0 saturated heterocycles. The Kier molecular flexibility index (Phi) is 6.62. The fraction of sp³-hybridized carbons (Fsp3) is 0.167. The summed E-state index contributed by atoms with van der Waals surface area (Å²) < 4.78 is 0. The van der Waals surface area contributed by atoms with Crippen LogP contribution in [0.15, 0.2) is 72.8 Å². The van der Waals surface area contributed by atoms with E-state index in [0.29, 0.717) is 10.7 Å². The Bertz CT molecular complexity index is 1020. The van der Waals surface area contributed by atoms with Gasteiger partial charge >= 0.3 is 0 Å². The van der Waals surface area contributed by atoms with Gasteiger partial charge in [-0.05, 0) is 80.0 Å². The molecule has 148 valence electrons. The minimum atomic E-state index is -0.129. The molecule has 3 rings (SSSR count). The molecule has 0 bridgehead atoms. The Hall–Kier alpha value is -3.18. The van der Waals surface area contributed by atoms with Crippen LogP contribution in [-0.2, 0) is 0 Å². The molecule has 4 nitrogen and oxygen atoms in total. The van der Waals surface area contributed by atoms with Crippen molar-refractivity contribution in [3.8, 4) is 0 Å². The summed E-state index contributed by atoms with van der Waals surface area (Å²) in [5, 5.41) is 10.1. The average Bonchev–Trinajstić information content (AvgIpc) is 2.71. The summed E-state index contributed by atoms with van der Waals surface area (Å²) >= 11 is 5.49. The van der Waals surface area contributed by atoms with E-state index < -0.39 is 0 Å². The summed E-state index contributed by atoms with van der Waals surface area (Å²) in [6, 6.07) is 23.2. The summed E-state index contributed by atoms with van der Waals surface area (Å²) in [6.07, 6.45) is 0. The standard InChI is InChI=1S/C24H25N3OS/c1-16-12-13-17(2)22(14-16)27-24(29)25-18(3)20-10-7-11-21(15-20)26-23(28)19-8-5-4-6-9-19/h4-15,18H,1-3H3,(H,26,28)(H2,25,27,29).